The fourth-order valence-corrected chi connectivity index (χ4v) is 6.44. The zero-order valence-corrected chi connectivity index (χ0v) is 25.8. The minimum atomic E-state index is -0.0863. The van der Waals surface area contributed by atoms with Crippen LogP contribution in [0.3, 0.4) is 0 Å². The van der Waals surface area contributed by atoms with Gasteiger partial charge in [-0.15, -0.1) is 10.2 Å². The Bertz CT molecular complexity index is 1660. The summed E-state index contributed by atoms with van der Waals surface area (Å²) < 4.78 is 12.3. The van der Waals surface area contributed by atoms with Crippen LogP contribution in [0.4, 0.5) is 5.82 Å². The number of anilines is 1. The molecule has 2 aliphatic rings. The van der Waals surface area contributed by atoms with Crippen molar-refractivity contribution >= 4 is 57.0 Å². The smallest absolute Gasteiger partial charge is 0.266 e. The predicted molar refractivity (Wildman–Crippen MR) is 174 cm³/mol. The lowest BCUT2D eigenvalue weighted by Crippen LogP contribution is -2.38. The number of H-pyrrole nitrogens is 1. The molecule has 2 aromatic carbocycles. The van der Waals surface area contributed by atoms with Gasteiger partial charge in [0.05, 0.1) is 29.2 Å². The third kappa shape index (κ3) is 7.21. The molecule has 0 radical (unpaired) electrons. The van der Waals surface area contributed by atoms with Crippen molar-refractivity contribution in [2.24, 2.45) is 0 Å². The van der Waals surface area contributed by atoms with Crippen LogP contribution in [0.2, 0.25) is 0 Å². The van der Waals surface area contributed by atoms with E-state index in [2.05, 4.69) is 30.5 Å². The molecule has 14 heteroatoms. The summed E-state index contributed by atoms with van der Waals surface area (Å²) in [6, 6.07) is 13.4. The quantitative estimate of drug-likeness (QED) is 0.133. The summed E-state index contributed by atoms with van der Waals surface area (Å²) in [5.41, 5.74) is 8.61. The Morgan fingerprint density at radius 1 is 1.09 bits per heavy atom. The van der Waals surface area contributed by atoms with E-state index in [1.54, 1.807) is 4.90 Å². The fourth-order valence-electron chi connectivity index (χ4n) is 5.13. The lowest BCUT2D eigenvalue weighted by molar-refractivity contribution is -0.122. The first-order valence-electron chi connectivity index (χ1n) is 14.6. The van der Waals surface area contributed by atoms with Gasteiger partial charge in [-0.25, -0.2) is 9.97 Å². The second kappa shape index (κ2) is 14.2. The van der Waals surface area contributed by atoms with Crippen molar-refractivity contribution in [3.8, 4) is 17.1 Å². The number of thioether (sulfide) groups is 1. The van der Waals surface area contributed by atoms with Crippen LogP contribution in [0.5, 0.6) is 5.75 Å². The molecule has 0 atom stereocenters. The Hall–Kier alpha value is -3.98. The number of carbonyl (C=O) groups excluding carboxylic acids is 1. The number of fused-ring (bicyclic) bond motifs is 1. The van der Waals surface area contributed by atoms with E-state index in [0.717, 1.165) is 75.0 Å². The van der Waals surface area contributed by atoms with Crippen molar-refractivity contribution in [3.63, 3.8) is 0 Å². The highest BCUT2D eigenvalue weighted by Gasteiger charge is 2.31. The van der Waals surface area contributed by atoms with Crippen LogP contribution in [0.25, 0.3) is 28.4 Å². The summed E-state index contributed by atoms with van der Waals surface area (Å²) >= 11 is 6.88. The van der Waals surface area contributed by atoms with E-state index in [0.29, 0.717) is 51.2 Å². The summed E-state index contributed by atoms with van der Waals surface area (Å²) in [6.07, 6.45) is 5.28. The molecule has 3 N–H and O–H groups in total. The molecule has 0 spiro atoms. The number of aryl methyl sites for hydroxylation is 1. The number of hydrogen-bond donors (Lipinski definition) is 2. The van der Waals surface area contributed by atoms with Crippen LogP contribution < -0.4 is 10.5 Å². The highest BCUT2D eigenvalue weighted by molar-refractivity contribution is 8.26. The highest BCUT2D eigenvalue weighted by Crippen LogP contribution is 2.36. The van der Waals surface area contributed by atoms with E-state index in [-0.39, 0.29) is 5.91 Å². The van der Waals surface area contributed by atoms with Gasteiger partial charge in [0.25, 0.3) is 5.91 Å². The molecule has 44 heavy (non-hydrogen) atoms. The van der Waals surface area contributed by atoms with Crippen LogP contribution in [0.15, 0.2) is 47.4 Å². The number of thiocarbonyl (C=S) groups is 1. The number of ether oxygens (including phenoxy) is 2. The average Bonchev–Trinajstić information content (AvgIpc) is 3.65. The van der Waals surface area contributed by atoms with Crippen LogP contribution >= 0.6 is 24.0 Å². The zero-order valence-electron chi connectivity index (χ0n) is 24.1. The van der Waals surface area contributed by atoms with Gasteiger partial charge in [-0.05, 0) is 48.7 Å². The second-order valence-corrected chi connectivity index (χ2v) is 12.2. The van der Waals surface area contributed by atoms with Gasteiger partial charge in [0.1, 0.15) is 22.5 Å². The van der Waals surface area contributed by atoms with E-state index < -0.39 is 0 Å². The fraction of sp³-hybridized carbons (Fsp3) is 0.367. The zero-order chi connectivity index (χ0) is 30.3. The number of nitrogens with zero attached hydrogens (tertiary/aromatic N) is 7. The number of morpholine rings is 1. The largest absolute Gasteiger partial charge is 0.491 e. The third-order valence-electron chi connectivity index (χ3n) is 7.49. The molecule has 4 aromatic rings. The van der Waals surface area contributed by atoms with Crippen molar-refractivity contribution in [1.29, 1.82) is 0 Å². The number of nitrogens with one attached hydrogen (secondary N) is 1. The summed E-state index contributed by atoms with van der Waals surface area (Å²) in [4.78, 5) is 27.3. The SMILES string of the molecule is Nc1nc(-c2cc(C=C3SC(=S)N(CCCCCc4nn[nH]n4)C3=O)ccc2OCCN2CCOCC2)nc2ccccc12. The molecule has 2 aromatic heterocycles. The molecule has 0 saturated carbocycles. The van der Waals surface area contributed by atoms with E-state index >= 15 is 0 Å². The molecular weight excluding hydrogens is 599 g/mol. The monoisotopic (exact) mass is 631 g/mol. The van der Waals surface area contributed by atoms with Gasteiger partial charge in [0.15, 0.2) is 11.6 Å². The van der Waals surface area contributed by atoms with E-state index in [9.17, 15) is 4.79 Å². The number of para-hydroxylation sites is 1. The number of aromatic amines is 1. The van der Waals surface area contributed by atoms with Gasteiger partial charge in [-0.3, -0.25) is 14.6 Å². The number of rotatable bonds is 12. The number of nitrogens with two attached hydrogens (primary N) is 1. The van der Waals surface area contributed by atoms with Gasteiger partial charge in [-0.1, -0.05) is 53.8 Å². The topological polar surface area (TPSA) is 148 Å². The van der Waals surface area contributed by atoms with Gasteiger partial charge < -0.3 is 15.2 Å². The number of aromatic nitrogens is 6. The normalized spacial score (nSPS) is 16.8. The van der Waals surface area contributed by atoms with Gasteiger partial charge in [0.2, 0.25) is 0 Å². The number of hydrogen-bond acceptors (Lipinski definition) is 12. The summed E-state index contributed by atoms with van der Waals surface area (Å²) in [6.45, 7) is 5.10. The molecule has 0 bridgehead atoms. The Labute approximate surface area is 264 Å². The molecule has 6 rings (SSSR count). The van der Waals surface area contributed by atoms with E-state index in [1.807, 2.05) is 48.5 Å². The first kappa shape index (κ1) is 30.1. The Balaban J connectivity index is 1.19. The maximum absolute atomic E-state index is 13.3. The molecule has 228 valence electrons. The molecule has 1 amide bonds. The van der Waals surface area contributed by atoms with Gasteiger partial charge in [0, 0.05) is 38.0 Å². The van der Waals surface area contributed by atoms with Crippen LogP contribution in [0, 0.1) is 0 Å². The highest BCUT2D eigenvalue weighted by atomic mass is 32.2. The minimum Gasteiger partial charge on any atom is -0.491 e. The van der Waals surface area contributed by atoms with Crippen LogP contribution in [0.1, 0.15) is 30.7 Å². The lowest BCUT2D eigenvalue weighted by atomic mass is 10.1. The average molecular weight is 632 g/mol. The van der Waals surface area contributed by atoms with Crippen molar-refractivity contribution in [3.05, 3.63) is 58.8 Å². The number of carbonyl (C=O) groups is 1. The number of tetrazole rings is 1. The Morgan fingerprint density at radius 3 is 2.80 bits per heavy atom. The third-order valence-corrected chi connectivity index (χ3v) is 8.87. The summed E-state index contributed by atoms with van der Waals surface area (Å²) in [5.74, 6) is 2.12. The standard InChI is InChI=1S/C30H33N9O3S2/c31-27-21-6-3-4-7-23(21)32-28(33-27)22-18-20(9-10-24(22)42-17-14-38-12-15-41-16-13-38)19-25-29(40)39(30(43)44-25)11-5-1-2-8-26-34-36-37-35-26/h3-4,6-7,9-10,18-19H,1-2,5,8,11-17H2,(H2,31,32,33)(H,34,35,36,37). The summed E-state index contributed by atoms with van der Waals surface area (Å²) in [7, 11) is 0. The number of unbranched alkanes of at least 4 members (excludes halogenated alkanes) is 2. The van der Waals surface area contributed by atoms with Crippen LogP contribution in [-0.2, 0) is 16.0 Å². The van der Waals surface area contributed by atoms with Crippen molar-refractivity contribution in [2.45, 2.75) is 25.7 Å². The first-order chi connectivity index (χ1) is 21.5. The molecule has 2 fully saturated rings. The Morgan fingerprint density at radius 2 is 1.95 bits per heavy atom. The van der Waals surface area contributed by atoms with Gasteiger partial charge >= 0.3 is 0 Å². The lowest BCUT2D eigenvalue weighted by Gasteiger charge is -2.26. The van der Waals surface area contributed by atoms with Crippen molar-refractivity contribution in [1.82, 2.24) is 40.4 Å². The maximum Gasteiger partial charge on any atom is 0.266 e. The van der Waals surface area contributed by atoms with E-state index in [4.69, 9.17) is 32.4 Å². The molecule has 2 aliphatic heterocycles. The molecule has 0 unspecified atom stereocenters. The molecule has 0 aliphatic carbocycles. The molecule has 12 nitrogen and oxygen atoms in total. The van der Waals surface area contributed by atoms with Crippen molar-refractivity contribution in [2.75, 3.05) is 51.7 Å². The molecular formula is C30H33N9O3S2. The summed E-state index contributed by atoms with van der Waals surface area (Å²) in [5, 5.41) is 14.8. The predicted octanol–water partition coefficient (Wildman–Crippen LogP) is 3.72. The number of benzene rings is 2. The van der Waals surface area contributed by atoms with Crippen molar-refractivity contribution < 1.29 is 14.3 Å². The van der Waals surface area contributed by atoms with Gasteiger partial charge in [-0.2, -0.15) is 5.21 Å². The first-order valence-corrected chi connectivity index (χ1v) is 15.8. The molecule has 2 saturated heterocycles. The molecule has 4 heterocycles. The maximum atomic E-state index is 13.3. The van der Waals surface area contributed by atoms with Crippen LogP contribution in [-0.4, -0.2) is 96.6 Å². The second-order valence-electron chi connectivity index (χ2n) is 10.5. The van der Waals surface area contributed by atoms with E-state index in [1.165, 1.54) is 11.8 Å². The minimum absolute atomic E-state index is 0.0863. The Kier molecular flexibility index (Phi) is 9.70. The number of amides is 1. The number of nitrogen functional groups attached to an aromatic ring is 1.